The van der Waals surface area contributed by atoms with Crippen LogP contribution in [-0.4, -0.2) is 47.8 Å². The summed E-state index contributed by atoms with van der Waals surface area (Å²) in [6, 6.07) is 8.27. The van der Waals surface area contributed by atoms with Crippen LogP contribution in [0.2, 0.25) is 0 Å². The van der Waals surface area contributed by atoms with Crippen LogP contribution in [0.5, 0.6) is 46.0 Å². The first kappa shape index (κ1) is 20.8. The molecule has 0 fully saturated rings. The normalized spacial score (nSPS) is 17.2. The number of benzene rings is 3. The average Bonchev–Trinajstić information content (AvgIpc) is 2.74. The molecule has 0 bridgehead atoms. The number of carbonyl (C=O) groups is 1. The number of fused-ring (bicyclic) bond motifs is 1. The van der Waals surface area contributed by atoms with Crippen molar-refractivity contribution < 1.29 is 50.0 Å². The minimum atomic E-state index is -1.09. The zero-order chi connectivity index (χ0) is 23.2. The molecule has 0 aliphatic carbocycles. The monoisotopic (exact) mass is 442 g/mol. The van der Waals surface area contributed by atoms with E-state index in [9.17, 15) is 40.5 Å². The Morgan fingerprint density at radius 1 is 0.812 bits per heavy atom. The predicted octanol–water partition coefficient (Wildman–Crippen LogP) is 2.53. The molecular formula is C22H18O10. The molecule has 1 heterocycles. The molecule has 1 aliphatic rings. The van der Waals surface area contributed by atoms with E-state index in [0.717, 1.165) is 18.2 Å². The third-order valence-electron chi connectivity index (χ3n) is 5.10. The van der Waals surface area contributed by atoms with Gasteiger partial charge in [-0.3, -0.25) is 0 Å². The van der Waals surface area contributed by atoms with Gasteiger partial charge in [0.15, 0.2) is 29.1 Å². The Balaban J connectivity index is 1.73. The summed E-state index contributed by atoms with van der Waals surface area (Å²) in [5.74, 6) is -4.70. The average molecular weight is 442 g/mol. The van der Waals surface area contributed by atoms with Gasteiger partial charge in [0.05, 0.1) is 0 Å². The van der Waals surface area contributed by atoms with Crippen LogP contribution in [0.25, 0.3) is 0 Å². The summed E-state index contributed by atoms with van der Waals surface area (Å²) >= 11 is 0. The van der Waals surface area contributed by atoms with Crippen LogP contribution in [0.4, 0.5) is 0 Å². The molecule has 0 amide bonds. The second kappa shape index (κ2) is 7.65. The van der Waals surface area contributed by atoms with Crippen LogP contribution in [0.3, 0.4) is 0 Å². The molecule has 7 N–H and O–H groups in total. The standard InChI is InChI=1S/C22H18O10/c23-10-6-15(26)12-8-18(32-22(30)11-2-4-14(25)20(29)19(11)28)21(31-17(12)7-10)9-1-3-13(24)16(27)5-9/h1-7,18,21,23-29H,8H2. The maximum absolute atomic E-state index is 12.7. The van der Waals surface area contributed by atoms with Crippen molar-refractivity contribution in [2.45, 2.75) is 18.6 Å². The molecule has 1 aliphatic heterocycles. The molecular weight excluding hydrogens is 424 g/mol. The number of carbonyl (C=O) groups excluding carboxylic acids is 1. The van der Waals surface area contributed by atoms with E-state index >= 15 is 0 Å². The van der Waals surface area contributed by atoms with Crippen molar-refractivity contribution in [3.05, 3.63) is 59.2 Å². The van der Waals surface area contributed by atoms with Crippen LogP contribution in [0, 0.1) is 0 Å². The molecule has 32 heavy (non-hydrogen) atoms. The molecule has 3 aromatic carbocycles. The third kappa shape index (κ3) is 3.58. The lowest BCUT2D eigenvalue weighted by molar-refractivity contribution is -0.0190. The van der Waals surface area contributed by atoms with E-state index in [4.69, 9.17) is 9.47 Å². The fraction of sp³-hybridized carbons (Fsp3) is 0.136. The summed E-state index contributed by atoms with van der Waals surface area (Å²) in [7, 11) is 0. The lowest BCUT2D eigenvalue weighted by Gasteiger charge is -2.34. The largest absolute Gasteiger partial charge is 0.508 e. The molecule has 0 aromatic heterocycles. The number of phenols is 7. The van der Waals surface area contributed by atoms with Gasteiger partial charge in [-0.2, -0.15) is 0 Å². The van der Waals surface area contributed by atoms with Crippen LogP contribution in [-0.2, 0) is 11.2 Å². The highest BCUT2D eigenvalue weighted by atomic mass is 16.6. The molecule has 2 unspecified atom stereocenters. The number of hydrogen-bond acceptors (Lipinski definition) is 10. The van der Waals surface area contributed by atoms with Crippen molar-refractivity contribution in [1.29, 1.82) is 0 Å². The van der Waals surface area contributed by atoms with Gasteiger partial charge in [-0.05, 0) is 24.3 Å². The summed E-state index contributed by atoms with van der Waals surface area (Å²) in [5, 5.41) is 68.6. The summed E-state index contributed by atoms with van der Waals surface area (Å²) in [4.78, 5) is 12.7. The quantitative estimate of drug-likeness (QED) is 0.235. The summed E-state index contributed by atoms with van der Waals surface area (Å²) in [6.45, 7) is 0. The highest BCUT2D eigenvalue weighted by molar-refractivity contribution is 5.94. The SMILES string of the molecule is O=C(OC1Cc2c(O)cc(O)cc2OC1c1ccc(O)c(O)c1)c1ccc(O)c(O)c1O. The Morgan fingerprint density at radius 2 is 1.53 bits per heavy atom. The maximum atomic E-state index is 12.7. The Hall–Kier alpha value is -4.47. The first-order valence-electron chi connectivity index (χ1n) is 9.34. The first-order valence-corrected chi connectivity index (χ1v) is 9.34. The van der Waals surface area contributed by atoms with Gasteiger partial charge < -0.3 is 45.2 Å². The van der Waals surface area contributed by atoms with Gasteiger partial charge >= 0.3 is 5.97 Å². The topological polar surface area (TPSA) is 177 Å². The molecule has 166 valence electrons. The fourth-order valence-corrected chi connectivity index (χ4v) is 3.49. The van der Waals surface area contributed by atoms with Crippen LogP contribution < -0.4 is 4.74 Å². The third-order valence-corrected chi connectivity index (χ3v) is 5.10. The summed E-state index contributed by atoms with van der Waals surface area (Å²) in [6.07, 6.45) is -2.19. The van der Waals surface area contributed by atoms with E-state index in [1.54, 1.807) is 0 Å². The van der Waals surface area contributed by atoms with Crippen molar-refractivity contribution in [2.24, 2.45) is 0 Å². The number of rotatable bonds is 3. The van der Waals surface area contributed by atoms with Gasteiger partial charge in [-0.25, -0.2) is 4.79 Å². The molecule has 0 saturated heterocycles. The van der Waals surface area contributed by atoms with E-state index in [-0.39, 0.29) is 35.0 Å². The maximum Gasteiger partial charge on any atom is 0.342 e. The molecule has 0 spiro atoms. The van der Waals surface area contributed by atoms with Gasteiger partial charge in [0.25, 0.3) is 0 Å². The zero-order valence-corrected chi connectivity index (χ0v) is 16.3. The number of aromatic hydroxyl groups is 7. The van der Waals surface area contributed by atoms with E-state index in [1.165, 1.54) is 24.3 Å². The van der Waals surface area contributed by atoms with E-state index in [2.05, 4.69) is 0 Å². The Bertz CT molecular complexity index is 1220. The van der Waals surface area contributed by atoms with Crippen molar-refractivity contribution in [1.82, 2.24) is 0 Å². The minimum Gasteiger partial charge on any atom is -0.508 e. The Morgan fingerprint density at radius 3 is 2.25 bits per heavy atom. The highest BCUT2D eigenvalue weighted by Crippen LogP contribution is 2.44. The molecule has 0 radical (unpaired) electrons. The van der Waals surface area contributed by atoms with E-state index in [1.807, 2.05) is 0 Å². The highest BCUT2D eigenvalue weighted by Gasteiger charge is 2.37. The van der Waals surface area contributed by atoms with Crippen molar-refractivity contribution in [2.75, 3.05) is 0 Å². The number of ether oxygens (including phenoxy) is 2. The van der Waals surface area contributed by atoms with Crippen LogP contribution >= 0.6 is 0 Å². The molecule has 3 aromatic rings. The van der Waals surface area contributed by atoms with Gasteiger partial charge in [-0.15, -0.1) is 0 Å². The van der Waals surface area contributed by atoms with Gasteiger partial charge in [-0.1, -0.05) is 6.07 Å². The van der Waals surface area contributed by atoms with Crippen molar-refractivity contribution >= 4 is 5.97 Å². The number of phenolic OH excluding ortho intramolecular Hbond substituents is 7. The Labute approximate surface area is 180 Å². The first-order chi connectivity index (χ1) is 15.2. The van der Waals surface area contributed by atoms with Crippen LogP contribution in [0.15, 0.2) is 42.5 Å². The number of esters is 1. The van der Waals surface area contributed by atoms with Gasteiger partial charge in [0.2, 0.25) is 5.75 Å². The number of hydrogen-bond donors (Lipinski definition) is 7. The summed E-state index contributed by atoms with van der Waals surface area (Å²) < 4.78 is 11.4. The molecule has 10 nitrogen and oxygen atoms in total. The summed E-state index contributed by atoms with van der Waals surface area (Å²) in [5.41, 5.74) is 0.135. The Kier molecular flexibility index (Phi) is 4.97. The predicted molar refractivity (Wildman–Crippen MR) is 107 cm³/mol. The smallest absolute Gasteiger partial charge is 0.342 e. The van der Waals surface area contributed by atoms with E-state index < -0.39 is 46.7 Å². The second-order valence-corrected chi connectivity index (χ2v) is 7.21. The zero-order valence-electron chi connectivity index (χ0n) is 16.3. The van der Waals surface area contributed by atoms with Crippen molar-refractivity contribution in [3.8, 4) is 46.0 Å². The molecule has 4 rings (SSSR count). The van der Waals surface area contributed by atoms with Gasteiger partial charge in [0, 0.05) is 29.7 Å². The van der Waals surface area contributed by atoms with Gasteiger partial charge in [0.1, 0.15) is 28.9 Å². The van der Waals surface area contributed by atoms with Crippen molar-refractivity contribution in [3.63, 3.8) is 0 Å². The lowest BCUT2D eigenvalue weighted by atomic mass is 9.93. The lowest BCUT2D eigenvalue weighted by Crippen LogP contribution is -2.34. The molecule has 0 saturated carbocycles. The van der Waals surface area contributed by atoms with Crippen LogP contribution in [0.1, 0.15) is 27.6 Å². The second-order valence-electron chi connectivity index (χ2n) is 7.21. The minimum absolute atomic E-state index is 0.0652. The molecule has 10 heteroatoms. The van der Waals surface area contributed by atoms with E-state index in [0.29, 0.717) is 5.56 Å². The fourth-order valence-electron chi connectivity index (χ4n) is 3.49. The molecule has 2 atom stereocenters.